The Hall–Kier alpha value is -2.07. The summed E-state index contributed by atoms with van der Waals surface area (Å²) < 4.78 is 16.8. The number of nitrogens with zero attached hydrogens (tertiary/aromatic N) is 2. The molecule has 2 bridgehead atoms. The van der Waals surface area contributed by atoms with E-state index in [-0.39, 0.29) is 30.1 Å². The topological polar surface area (TPSA) is 106 Å². The number of hydrogen-bond donors (Lipinski definition) is 2. The van der Waals surface area contributed by atoms with Crippen molar-refractivity contribution in [3.8, 4) is 5.75 Å². The molecule has 37 heavy (non-hydrogen) atoms. The van der Waals surface area contributed by atoms with Crippen LogP contribution in [-0.4, -0.2) is 93.4 Å². The number of nitrogens with two attached hydrogens (primary N) is 1. The van der Waals surface area contributed by atoms with Crippen LogP contribution in [0.25, 0.3) is 0 Å². The number of esters is 1. The van der Waals surface area contributed by atoms with Crippen molar-refractivity contribution in [1.29, 1.82) is 0 Å². The lowest BCUT2D eigenvalue weighted by molar-refractivity contribution is -0.158. The Morgan fingerprint density at radius 2 is 1.84 bits per heavy atom. The van der Waals surface area contributed by atoms with Gasteiger partial charge in [0.1, 0.15) is 11.9 Å². The molecule has 1 amide bonds. The van der Waals surface area contributed by atoms with Gasteiger partial charge < -0.3 is 30.2 Å². The molecule has 9 nitrogen and oxygen atoms in total. The first-order chi connectivity index (χ1) is 17.9. The zero-order valence-electron chi connectivity index (χ0n) is 22.0. The SMILES string of the molecule is COc1cc(N)c(Cl)cc1C(=O)N[C@H]1CCN(CCCCCC(=O)OC2CN3CCC2CC3)C[C@H]1OC. The van der Waals surface area contributed by atoms with Crippen molar-refractivity contribution in [2.75, 3.05) is 59.2 Å². The smallest absolute Gasteiger partial charge is 0.306 e. The molecule has 0 aliphatic carbocycles. The van der Waals surface area contributed by atoms with Crippen LogP contribution in [0, 0.1) is 5.92 Å². The number of unbranched alkanes of at least 4 members (excludes halogenated alkanes) is 2. The number of carbonyl (C=O) groups excluding carboxylic acids is 2. The lowest BCUT2D eigenvalue weighted by atomic mass is 9.86. The van der Waals surface area contributed by atoms with E-state index in [9.17, 15) is 9.59 Å². The molecule has 10 heteroatoms. The van der Waals surface area contributed by atoms with Crippen molar-refractivity contribution >= 4 is 29.2 Å². The van der Waals surface area contributed by atoms with Gasteiger partial charge in [0.2, 0.25) is 0 Å². The minimum Gasteiger partial charge on any atom is -0.496 e. The summed E-state index contributed by atoms with van der Waals surface area (Å²) in [4.78, 5) is 30.0. The van der Waals surface area contributed by atoms with Crippen molar-refractivity contribution in [2.45, 2.75) is 63.2 Å². The molecular formula is C27H41ClN4O5. The zero-order chi connectivity index (χ0) is 26.4. The summed E-state index contributed by atoms with van der Waals surface area (Å²) in [5.74, 6) is 0.637. The minimum absolute atomic E-state index is 0.0474. The predicted octanol–water partition coefficient (Wildman–Crippen LogP) is 2.95. The summed E-state index contributed by atoms with van der Waals surface area (Å²) in [7, 11) is 3.17. The van der Waals surface area contributed by atoms with Crippen LogP contribution in [0.15, 0.2) is 12.1 Å². The molecule has 5 rings (SSSR count). The Balaban J connectivity index is 1.15. The molecular weight excluding hydrogens is 496 g/mol. The first kappa shape index (κ1) is 28.0. The van der Waals surface area contributed by atoms with Gasteiger partial charge in [0.25, 0.3) is 5.91 Å². The molecule has 1 aromatic carbocycles. The van der Waals surface area contributed by atoms with E-state index in [0.29, 0.717) is 34.4 Å². The van der Waals surface area contributed by atoms with E-state index in [0.717, 1.165) is 77.8 Å². The number of anilines is 1. The van der Waals surface area contributed by atoms with Crippen LogP contribution in [0.1, 0.15) is 55.3 Å². The lowest BCUT2D eigenvalue weighted by Gasteiger charge is -2.43. The van der Waals surface area contributed by atoms with E-state index in [1.165, 1.54) is 13.2 Å². The maximum absolute atomic E-state index is 13.0. The van der Waals surface area contributed by atoms with Gasteiger partial charge in [0.15, 0.2) is 0 Å². The molecule has 0 spiro atoms. The number of nitrogen functional groups attached to an aromatic ring is 1. The van der Waals surface area contributed by atoms with Crippen LogP contribution in [0.2, 0.25) is 5.02 Å². The van der Waals surface area contributed by atoms with Crippen molar-refractivity contribution in [3.63, 3.8) is 0 Å². The second kappa shape index (κ2) is 13.1. The number of piperidine rings is 4. The van der Waals surface area contributed by atoms with E-state index in [2.05, 4.69) is 15.1 Å². The number of halogens is 1. The summed E-state index contributed by atoms with van der Waals surface area (Å²) >= 11 is 6.13. The van der Waals surface area contributed by atoms with Gasteiger partial charge in [0.05, 0.1) is 35.5 Å². The molecule has 0 aromatic heterocycles. The van der Waals surface area contributed by atoms with Gasteiger partial charge in [0, 0.05) is 39.2 Å². The van der Waals surface area contributed by atoms with E-state index >= 15 is 0 Å². The monoisotopic (exact) mass is 536 g/mol. The van der Waals surface area contributed by atoms with Crippen LogP contribution < -0.4 is 15.8 Å². The van der Waals surface area contributed by atoms with Crippen LogP contribution >= 0.6 is 11.6 Å². The maximum Gasteiger partial charge on any atom is 0.306 e. The molecule has 206 valence electrons. The van der Waals surface area contributed by atoms with Gasteiger partial charge in [-0.25, -0.2) is 0 Å². The fourth-order valence-corrected chi connectivity index (χ4v) is 5.97. The third kappa shape index (κ3) is 7.28. The molecule has 1 aromatic rings. The molecule has 4 aliphatic heterocycles. The van der Waals surface area contributed by atoms with Crippen LogP contribution in [0.4, 0.5) is 5.69 Å². The van der Waals surface area contributed by atoms with E-state index in [1.54, 1.807) is 13.2 Å². The Morgan fingerprint density at radius 1 is 1.05 bits per heavy atom. The summed E-state index contributed by atoms with van der Waals surface area (Å²) in [6.07, 6.45) is 6.42. The number of benzene rings is 1. The van der Waals surface area contributed by atoms with Gasteiger partial charge in [-0.05, 0) is 63.7 Å². The average molecular weight is 537 g/mol. The van der Waals surface area contributed by atoms with Gasteiger partial charge in [-0.2, -0.15) is 0 Å². The molecule has 0 saturated carbocycles. The van der Waals surface area contributed by atoms with E-state index in [4.69, 9.17) is 31.5 Å². The average Bonchev–Trinajstić information content (AvgIpc) is 2.91. The van der Waals surface area contributed by atoms with Crippen molar-refractivity contribution in [3.05, 3.63) is 22.7 Å². The number of methoxy groups -OCH3 is 2. The molecule has 1 unspecified atom stereocenters. The second-order valence-corrected chi connectivity index (χ2v) is 10.9. The highest BCUT2D eigenvalue weighted by Gasteiger charge is 2.36. The Morgan fingerprint density at radius 3 is 2.51 bits per heavy atom. The molecule has 0 radical (unpaired) electrons. The quantitative estimate of drug-likeness (QED) is 0.252. The number of carbonyl (C=O) groups is 2. The van der Waals surface area contributed by atoms with Gasteiger partial charge in [-0.1, -0.05) is 18.0 Å². The largest absolute Gasteiger partial charge is 0.496 e. The Bertz CT molecular complexity index is 940. The first-order valence-electron chi connectivity index (χ1n) is 13.5. The second-order valence-electron chi connectivity index (χ2n) is 10.5. The lowest BCUT2D eigenvalue weighted by Crippen LogP contribution is -2.54. The van der Waals surface area contributed by atoms with E-state index in [1.807, 2.05) is 0 Å². The normalized spacial score (nSPS) is 27.6. The van der Waals surface area contributed by atoms with Gasteiger partial charge in [-0.3, -0.25) is 14.5 Å². The number of rotatable bonds is 11. The number of nitrogens with one attached hydrogen (secondary N) is 1. The van der Waals surface area contributed by atoms with Crippen molar-refractivity contribution in [1.82, 2.24) is 15.1 Å². The molecule has 4 aliphatic rings. The predicted molar refractivity (Wildman–Crippen MR) is 143 cm³/mol. The minimum atomic E-state index is -0.260. The molecule has 4 fully saturated rings. The number of hydrogen-bond acceptors (Lipinski definition) is 8. The standard InChI is InChI=1S/C27H41ClN4O5/c1-35-23-15-21(29)20(28)14-19(23)27(34)30-22-9-13-31(17-25(22)36-2)10-5-3-4-6-26(33)37-24-16-32-11-7-18(24)8-12-32/h14-15,18,22,24-25H,3-13,16-17,29H2,1-2H3,(H,30,34)/t22-,24?,25+/m0/s1. The van der Waals surface area contributed by atoms with Crippen LogP contribution in [0.3, 0.4) is 0 Å². The Kier molecular flexibility index (Phi) is 9.92. The molecule has 4 saturated heterocycles. The van der Waals surface area contributed by atoms with Crippen LogP contribution in [0.5, 0.6) is 5.75 Å². The number of fused-ring (bicyclic) bond motifs is 3. The maximum atomic E-state index is 13.0. The van der Waals surface area contributed by atoms with Crippen molar-refractivity contribution in [2.24, 2.45) is 5.92 Å². The third-order valence-corrected chi connectivity index (χ3v) is 8.39. The fraction of sp³-hybridized carbons (Fsp3) is 0.704. The summed E-state index contributed by atoms with van der Waals surface area (Å²) in [6.45, 7) is 5.76. The first-order valence-corrected chi connectivity index (χ1v) is 13.9. The number of amides is 1. The number of likely N-dealkylation sites (tertiary alicyclic amines) is 1. The molecule has 4 heterocycles. The van der Waals surface area contributed by atoms with Crippen LogP contribution in [-0.2, 0) is 14.3 Å². The van der Waals surface area contributed by atoms with E-state index < -0.39 is 0 Å². The van der Waals surface area contributed by atoms with Gasteiger partial charge >= 0.3 is 5.97 Å². The summed E-state index contributed by atoms with van der Waals surface area (Å²) in [6, 6.07) is 2.98. The number of ether oxygens (including phenoxy) is 3. The fourth-order valence-electron chi connectivity index (χ4n) is 5.80. The summed E-state index contributed by atoms with van der Waals surface area (Å²) in [5.41, 5.74) is 6.56. The van der Waals surface area contributed by atoms with Crippen molar-refractivity contribution < 1.29 is 23.8 Å². The zero-order valence-corrected chi connectivity index (χ0v) is 22.8. The highest BCUT2D eigenvalue weighted by Crippen LogP contribution is 2.30. The third-order valence-electron chi connectivity index (χ3n) is 8.06. The molecule has 3 atom stereocenters. The Labute approximate surface area is 224 Å². The molecule has 3 N–H and O–H groups in total. The summed E-state index contributed by atoms with van der Waals surface area (Å²) in [5, 5.41) is 3.40. The van der Waals surface area contributed by atoms with Gasteiger partial charge in [-0.15, -0.1) is 0 Å². The highest BCUT2D eigenvalue weighted by molar-refractivity contribution is 6.33. The highest BCUT2D eigenvalue weighted by atomic mass is 35.5.